The van der Waals surface area contributed by atoms with Gasteiger partial charge in [0.05, 0.1) is 10.4 Å². The number of rotatable bonds is 2. The molecule has 2 rings (SSSR count). The topological polar surface area (TPSA) is 0 Å². The SMILES string of the molecule is Cc1ccc(C(Cl)c2ccc(F)c(Cl)c2)s1. The Kier molecular flexibility index (Phi) is 3.53. The second-order valence-electron chi connectivity index (χ2n) is 3.48. The third-order valence-electron chi connectivity index (χ3n) is 2.25. The van der Waals surface area contributed by atoms with Crippen molar-refractivity contribution < 1.29 is 4.39 Å². The molecule has 0 amide bonds. The van der Waals surface area contributed by atoms with Crippen LogP contribution >= 0.6 is 34.5 Å². The largest absolute Gasteiger partial charge is 0.205 e. The van der Waals surface area contributed by atoms with Gasteiger partial charge in [0.1, 0.15) is 5.82 Å². The van der Waals surface area contributed by atoms with Gasteiger partial charge in [-0.2, -0.15) is 0 Å². The van der Waals surface area contributed by atoms with Crippen LogP contribution in [0.15, 0.2) is 30.3 Å². The minimum atomic E-state index is -0.420. The van der Waals surface area contributed by atoms with E-state index in [1.807, 2.05) is 19.1 Å². The van der Waals surface area contributed by atoms with Crippen LogP contribution in [-0.4, -0.2) is 0 Å². The molecule has 1 unspecified atom stereocenters. The van der Waals surface area contributed by atoms with E-state index in [4.69, 9.17) is 23.2 Å². The zero-order valence-electron chi connectivity index (χ0n) is 8.51. The molecule has 0 saturated carbocycles. The van der Waals surface area contributed by atoms with E-state index in [2.05, 4.69) is 0 Å². The van der Waals surface area contributed by atoms with Crippen molar-refractivity contribution in [2.75, 3.05) is 0 Å². The first-order valence-corrected chi connectivity index (χ1v) is 6.36. The van der Waals surface area contributed by atoms with Gasteiger partial charge in [0, 0.05) is 9.75 Å². The molecule has 84 valence electrons. The molecule has 1 aromatic heterocycles. The third kappa shape index (κ3) is 2.40. The predicted molar refractivity (Wildman–Crippen MR) is 68.2 cm³/mol. The van der Waals surface area contributed by atoms with Crippen LogP contribution in [0, 0.1) is 12.7 Å². The Morgan fingerprint density at radius 1 is 1.25 bits per heavy atom. The predicted octanol–water partition coefficient (Wildman–Crippen LogP) is 5.18. The van der Waals surface area contributed by atoms with Crippen molar-refractivity contribution in [3.8, 4) is 0 Å². The van der Waals surface area contributed by atoms with Crippen LogP contribution in [0.4, 0.5) is 4.39 Å². The Hall–Kier alpha value is -0.570. The Balaban J connectivity index is 2.33. The van der Waals surface area contributed by atoms with Crippen molar-refractivity contribution in [2.24, 2.45) is 0 Å². The first-order chi connectivity index (χ1) is 7.58. The molecule has 1 aromatic carbocycles. The monoisotopic (exact) mass is 274 g/mol. The van der Waals surface area contributed by atoms with Crippen molar-refractivity contribution in [3.63, 3.8) is 0 Å². The van der Waals surface area contributed by atoms with Crippen LogP contribution in [0.5, 0.6) is 0 Å². The van der Waals surface area contributed by atoms with Gasteiger partial charge in [0.25, 0.3) is 0 Å². The maximum atomic E-state index is 13.0. The number of halogens is 3. The number of aryl methyl sites for hydroxylation is 1. The van der Waals surface area contributed by atoms with Gasteiger partial charge in [0.2, 0.25) is 0 Å². The molecule has 1 atom stereocenters. The van der Waals surface area contributed by atoms with Crippen molar-refractivity contribution in [2.45, 2.75) is 12.3 Å². The minimum absolute atomic E-state index is 0.108. The van der Waals surface area contributed by atoms with Gasteiger partial charge in [-0.3, -0.25) is 0 Å². The van der Waals surface area contributed by atoms with Crippen molar-refractivity contribution in [1.82, 2.24) is 0 Å². The molecule has 4 heteroatoms. The number of hydrogen-bond acceptors (Lipinski definition) is 1. The van der Waals surface area contributed by atoms with Crippen molar-refractivity contribution in [3.05, 3.63) is 56.5 Å². The standard InChI is InChI=1S/C12H9Cl2FS/c1-7-2-5-11(16-7)12(14)8-3-4-10(15)9(13)6-8/h2-6,12H,1H3. The Morgan fingerprint density at radius 2 is 2.00 bits per heavy atom. The van der Waals surface area contributed by atoms with Gasteiger partial charge in [0.15, 0.2) is 0 Å². The number of hydrogen-bond donors (Lipinski definition) is 0. The van der Waals surface area contributed by atoms with Gasteiger partial charge < -0.3 is 0 Å². The number of alkyl halides is 1. The van der Waals surface area contributed by atoms with Crippen LogP contribution in [0.3, 0.4) is 0 Å². The normalized spacial score (nSPS) is 12.8. The molecule has 0 spiro atoms. The second kappa shape index (κ2) is 4.74. The lowest BCUT2D eigenvalue weighted by atomic mass is 10.1. The fourth-order valence-corrected chi connectivity index (χ4v) is 2.84. The van der Waals surface area contributed by atoms with E-state index in [-0.39, 0.29) is 10.4 Å². The van der Waals surface area contributed by atoms with E-state index >= 15 is 0 Å². The first kappa shape index (κ1) is 11.9. The summed E-state index contributed by atoms with van der Waals surface area (Å²) < 4.78 is 13.0. The average Bonchev–Trinajstić information content (AvgIpc) is 2.68. The third-order valence-corrected chi connectivity index (χ3v) is 4.22. The molecule has 0 aliphatic carbocycles. The van der Waals surface area contributed by atoms with Crippen LogP contribution in [0.1, 0.15) is 20.7 Å². The smallest absolute Gasteiger partial charge is 0.141 e. The van der Waals surface area contributed by atoms with Gasteiger partial charge >= 0.3 is 0 Å². The highest BCUT2D eigenvalue weighted by atomic mass is 35.5. The Morgan fingerprint density at radius 3 is 2.56 bits per heavy atom. The fourth-order valence-electron chi connectivity index (χ4n) is 1.42. The molecule has 0 bridgehead atoms. The van der Waals surface area contributed by atoms with Gasteiger partial charge in [-0.25, -0.2) is 4.39 Å². The molecule has 0 aliphatic rings. The molecular formula is C12H9Cl2FS. The Labute approximate surface area is 108 Å². The molecule has 1 heterocycles. The fraction of sp³-hybridized carbons (Fsp3) is 0.167. The highest BCUT2D eigenvalue weighted by molar-refractivity contribution is 7.12. The summed E-state index contributed by atoms with van der Waals surface area (Å²) in [7, 11) is 0. The summed E-state index contributed by atoms with van der Waals surface area (Å²) in [4.78, 5) is 2.25. The Bertz CT molecular complexity index is 507. The van der Waals surface area contributed by atoms with Gasteiger partial charge in [-0.05, 0) is 36.8 Å². The quantitative estimate of drug-likeness (QED) is 0.663. The maximum absolute atomic E-state index is 13.0. The van der Waals surface area contributed by atoms with E-state index in [0.717, 1.165) is 10.4 Å². The lowest BCUT2D eigenvalue weighted by molar-refractivity contribution is 0.627. The van der Waals surface area contributed by atoms with E-state index in [0.29, 0.717) is 0 Å². The summed E-state index contributed by atoms with van der Waals surface area (Å²) >= 11 is 13.7. The summed E-state index contributed by atoms with van der Waals surface area (Å²) in [5.74, 6) is -0.420. The highest BCUT2D eigenvalue weighted by Gasteiger charge is 2.14. The molecular weight excluding hydrogens is 266 g/mol. The summed E-state index contributed by atoms with van der Waals surface area (Å²) in [5.41, 5.74) is 0.815. The number of thiophene rings is 1. The molecule has 0 aliphatic heterocycles. The van der Waals surface area contributed by atoms with Crippen LogP contribution in [-0.2, 0) is 0 Å². The maximum Gasteiger partial charge on any atom is 0.141 e. The number of benzene rings is 1. The van der Waals surface area contributed by atoms with Crippen LogP contribution in [0.2, 0.25) is 5.02 Å². The van der Waals surface area contributed by atoms with Crippen LogP contribution < -0.4 is 0 Å². The zero-order chi connectivity index (χ0) is 11.7. The lowest BCUT2D eigenvalue weighted by Gasteiger charge is -2.08. The first-order valence-electron chi connectivity index (χ1n) is 4.73. The highest BCUT2D eigenvalue weighted by Crippen LogP contribution is 2.34. The zero-order valence-corrected chi connectivity index (χ0v) is 10.8. The lowest BCUT2D eigenvalue weighted by Crippen LogP contribution is -1.91. The molecule has 2 aromatic rings. The molecule has 0 N–H and O–H groups in total. The summed E-state index contributed by atoms with van der Waals surface area (Å²) in [6.07, 6.45) is 0. The summed E-state index contributed by atoms with van der Waals surface area (Å²) in [6.45, 7) is 2.02. The van der Waals surface area contributed by atoms with Gasteiger partial charge in [-0.1, -0.05) is 17.7 Å². The van der Waals surface area contributed by atoms with Crippen molar-refractivity contribution >= 4 is 34.5 Å². The molecule has 0 radical (unpaired) electrons. The van der Waals surface area contributed by atoms with E-state index in [1.54, 1.807) is 23.5 Å². The van der Waals surface area contributed by atoms with Crippen molar-refractivity contribution in [1.29, 1.82) is 0 Å². The second-order valence-corrected chi connectivity index (χ2v) is 5.65. The minimum Gasteiger partial charge on any atom is -0.205 e. The molecule has 0 fully saturated rings. The molecule has 0 nitrogen and oxygen atoms in total. The average molecular weight is 275 g/mol. The summed E-state index contributed by atoms with van der Waals surface area (Å²) in [5, 5.41) is -0.159. The van der Waals surface area contributed by atoms with E-state index < -0.39 is 5.82 Å². The van der Waals surface area contributed by atoms with Gasteiger partial charge in [-0.15, -0.1) is 22.9 Å². The molecule has 0 saturated heterocycles. The van der Waals surface area contributed by atoms with E-state index in [9.17, 15) is 4.39 Å². The van der Waals surface area contributed by atoms with Crippen LogP contribution in [0.25, 0.3) is 0 Å². The van der Waals surface area contributed by atoms with E-state index in [1.165, 1.54) is 10.9 Å². The molecule has 16 heavy (non-hydrogen) atoms. The summed E-state index contributed by atoms with van der Waals surface area (Å²) in [6, 6.07) is 8.57.